The van der Waals surface area contributed by atoms with Crippen LogP contribution in [-0.2, 0) is 4.74 Å². The van der Waals surface area contributed by atoms with Crippen molar-refractivity contribution in [2.75, 3.05) is 25.4 Å². The van der Waals surface area contributed by atoms with Crippen LogP contribution < -0.4 is 5.73 Å². The third kappa shape index (κ3) is 3.87. The first-order valence-electron chi connectivity index (χ1n) is 7.69. The number of carbonyl (C=O) groups excluding carboxylic acids is 1. The van der Waals surface area contributed by atoms with Gasteiger partial charge in [-0.3, -0.25) is 0 Å². The van der Waals surface area contributed by atoms with Gasteiger partial charge in [-0.15, -0.1) is 0 Å². The minimum atomic E-state index is -0.610. The summed E-state index contributed by atoms with van der Waals surface area (Å²) in [5, 5.41) is 0. The van der Waals surface area contributed by atoms with Crippen molar-refractivity contribution in [3.05, 3.63) is 29.3 Å². The summed E-state index contributed by atoms with van der Waals surface area (Å²) in [6.07, 6.45) is 2.49. The molecule has 1 aliphatic rings. The van der Waals surface area contributed by atoms with Crippen LogP contribution in [0, 0.1) is 11.6 Å². The van der Waals surface area contributed by atoms with Gasteiger partial charge in [0.1, 0.15) is 11.6 Å². The predicted molar refractivity (Wildman–Crippen MR) is 80.6 cm³/mol. The van der Waals surface area contributed by atoms with E-state index in [1.54, 1.807) is 4.90 Å². The molecular formula is C16H22F2N2O2. The summed E-state index contributed by atoms with van der Waals surface area (Å²) in [5.41, 5.74) is 5.58. The van der Waals surface area contributed by atoms with Gasteiger partial charge in [0, 0.05) is 24.3 Å². The van der Waals surface area contributed by atoms with Gasteiger partial charge in [-0.25, -0.2) is 13.6 Å². The Morgan fingerprint density at radius 2 is 1.91 bits per heavy atom. The number of benzene rings is 1. The lowest BCUT2D eigenvalue weighted by atomic mass is 9.88. The second-order valence-electron chi connectivity index (χ2n) is 5.63. The quantitative estimate of drug-likeness (QED) is 0.682. The van der Waals surface area contributed by atoms with E-state index in [-0.39, 0.29) is 23.3 Å². The summed E-state index contributed by atoms with van der Waals surface area (Å²) in [5.74, 6) is -1.46. The molecule has 1 aromatic rings. The highest BCUT2D eigenvalue weighted by Gasteiger charge is 2.28. The van der Waals surface area contributed by atoms with Crippen molar-refractivity contribution in [1.82, 2.24) is 4.90 Å². The van der Waals surface area contributed by atoms with Crippen LogP contribution in [0.1, 0.15) is 44.1 Å². The minimum Gasteiger partial charge on any atom is -0.449 e. The smallest absolute Gasteiger partial charge is 0.409 e. The van der Waals surface area contributed by atoms with Gasteiger partial charge in [0.05, 0.1) is 6.61 Å². The Morgan fingerprint density at radius 3 is 2.45 bits per heavy atom. The molecule has 0 aliphatic carbocycles. The van der Waals surface area contributed by atoms with Gasteiger partial charge in [0.15, 0.2) is 0 Å². The molecule has 1 aromatic carbocycles. The number of amides is 1. The molecular weight excluding hydrogens is 290 g/mol. The molecule has 0 bridgehead atoms. The van der Waals surface area contributed by atoms with Crippen molar-refractivity contribution < 1.29 is 18.3 Å². The summed E-state index contributed by atoms with van der Waals surface area (Å²) in [7, 11) is 0. The molecule has 1 heterocycles. The fraction of sp³-hybridized carbons (Fsp3) is 0.562. The molecule has 0 saturated carbocycles. The highest BCUT2D eigenvalue weighted by atomic mass is 19.1. The second kappa shape index (κ2) is 7.42. The monoisotopic (exact) mass is 312 g/mol. The number of unbranched alkanes of at least 4 members (excludes halogenated alkanes) is 1. The molecule has 1 amide bonds. The summed E-state index contributed by atoms with van der Waals surface area (Å²) in [4.78, 5) is 13.4. The van der Waals surface area contributed by atoms with Gasteiger partial charge >= 0.3 is 6.09 Å². The largest absolute Gasteiger partial charge is 0.449 e. The summed E-state index contributed by atoms with van der Waals surface area (Å²) < 4.78 is 33.0. The molecule has 1 saturated heterocycles. The number of hydrogen-bond acceptors (Lipinski definition) is 3. The third-order valence-corrected chi connectivity index (χ3v) is 3.99. The number of anilines is 1. The molecule has 2 rings (SSSR count). The molecule has 2 N–H and O–H groups in total. The molecule has 4 nitrogen and oxygen atoms in total. The van der Waals surface area contributed by atoms with Crippen molar-refractivity contribution >= 4 is 11.8 Å². The molecule has 1 aliphatic heterocycles. The normalized spacial score (nSPS) is 15.9. The van der Waals surface area contributed by atoms with Crippen LogP contribution in [0.15, 0.2) is 12.1 Å². The van der Waals surface area contributed by atoms with E-state index in [0.29, 0.717) is 32.5 Å². The molecule has 122 valence electrons. The molecule has 1 fully saturated rings. The fourth-order valence-electron chi connectivity index (χ4n) is 2.74. The molecule has 0 aromatic heterocycles. The number of carbonyl (C=O) groups is 1. The highest BCUT2D eigenvalue weighted by molar-refractivity contribution is 5.67. The zero-order chi connectivity index (χ0) is 16.1. The van der Waals surface area contributed by atoms with E-state index in [2.05, 4.69) is 0 Å². The van der Waals surface area contributed by atoms with Gasteiger partial charge in [0.2, 0.25) is 0 Å². The van der Waals surface area contributed by atoms with E-state index in [9.17, 15) is 13.6 Å². The lowest BCUT2D eigenvalue weighted by Gasteiger charge is -2.31. The van der Waals surface area contributed by atoms with Gasteiger partial charge in [-0.1, -0.05) is 13.3 Å². The zero-order valence-electron chi connectivity index (χ0n) is 12.8. The van der Waals surface area contributed by atoms with Gasteiger partial charge < -0.3 is 15.4 Å². The number of likely N-dealkylation sites (tertiary alicyclic amines) is 1. The molecule has 0 radical (unpaired) electrons. The zero-order valence-corrected chi connectivity index (χ0v) is 12.8. The number of nitrogens with two attached hydrogens (primary N) is 1. The van der Waals surface area contributed by atoms with E-state index >= 15 is 0 Å². The summed E-state index contributed by atoms with van der Waals surface area (Å²) in [6, 6.07) is 2.29. The lowest BCUT2D eigenvalue weighted by Crippen LogP contribution is -2.38. The van der Waals surface area contributed by atoms with Gasteiger partial charge in [-0.05, 0) is 37.3 Å². The minimum absolute atomic E-state index is 0.0770. The Kier molecular flexibility index (Phi) is 5.57. The first-order chi connectivity index (χ1) is 10.5. The van der Waals surface area contributed by atoms with Gasteiger partial charge in [-0.2, -0.15) is 0 Å². The third-order valence-electron chi connectivity index (χ3n) is 3.99. The average molecular weight is 312 g/mol. The first kappa shape index (κ1) is 16.5. The Hall–Kier alpha value is -1.85. The van der Waals surface area contributed by atoms with Crippen molar-refractivity contribution in [2.24, 2.45) is 0 Å². The fourth-order valence-corrected chi connectivity index (χ4v) is 2.74. The molecule has 0 unspecified atom stereocenters. The Morgan fingerprint density at radius 1 is 1.32 bits per heavy atom. The second-order valence-corrected chi connectivity index (χ2v) is 5.63. The maximum Gasteiger partial charge on any atom is 0.409 e. The van der Waals surface area contributed by atoms with E-state index in [0.717, 1.165) is 25.0 Å². The van der Waals surface area contributed by atoms with E-state index in [1.165, 1.54) is 0 Å². The maximum atomic E-state index is 13.9. The predicted octanol–water partition coefficient (Wildman–Crippen LogP) is 3.66. The number of halogens is 2. The summed E-state index contributed by atoms with van der Waals surface area (Å²) in [6.45, 7) is 3.32. The molecule has 0 atom stereocenters. The maximum absolute atomic E-state index is 13.9. The van der Waals surface area contributed by atoms with E-state index in [4.69, 9.17) is 10.5 Å². The van der Waals surface area contributed by atoms with Crippen LogP contribution in [0.25, 0.3) is 0 Å². The lowest BCUT2D eigenvalue weighted by molar-refractivity contribution is 0.0913. The molecule has 22 heavy (non-hydrogen) atoms. The highest BCUT2D eigenvalue weighted by Crippen LogP contribution is 2.33. The number of piperidine rings is 1. The Labute approximate surface area is 129 Å². The topological polar surface area (TPSA) is 55.6 Å². The Balaban J connectivity index is 1.94. The van der Waals surface area contributed by atoms with Crippen LogP contribution in [-0.4, -0.2) is 30.7 Å². The van der Waals surface area contributed by atoms with Crippen molar-refractivity contribution in [2.45, 2.75) is 38.5 Å². The number of nitrogen functional groups attached to an aromatic ring is 1. The first-order valence-corrected chi connectivity index (χ1v) is 7.69. The summed E-state index contributed by atoms with van der Waals surface area (Å²) >= 11 is 0. The number of rotatable bonds is 4. The van der Waals surface area contributed by atoms with Crippen LogP contribution >= 0.6 is 0 Å². The number of nitrogens with zero attached hydrogens (tertiary/aromatic N) is 1. The van der Waals surface area contributed by atoms with Crippen molar-refractivity contribution in [1.29, 1.82) is 0 Å². The van der Waals surface area contributed by atoms with Crippen LogP contribution in [0.3, 0.4) is 0 Å². The van der Waals surface area contributed by atoms with Crippen molar-refractivity contribution in [3.63, 3.8) is 0 Å². The average Bonchev–Trinajstić information content (AvgIpc) is 2.47. The van der Waals surface area contributed by atoms with Crippen LogP contribution in [0.5, 0.6) is 0 Å². The molecule has 6 heteroatoms. The SMILES string of the molecule is CCCCOC(=O)N1CCC(c2c(F)cc(N)cc2F)CC1. The standard InChI is InChI=1S/C16H22F2N2O2/c1-2-3-8-22-16(21)20-6-4-11(5-7-20)15-13(17)9-12(19)10-14(15)18/h9-11H,2-8,19H2,1H3. The van der Waals surface area contributed by atoms with E-state index in [1.807, 2.05) is 6.92 Å². The number of ether oxygens (including phenoxy) is 1. The number of hydrogen-bond donors (Lipinski definition) is 1. The molecule has 0 spiro atoms. The van der Waals surface area contributed by atoms with E-state index < -0.39 is 11.6 Å². The van der Waals surface area contributed by atoms with Crippen LogP contribution in [0.2, 0.25) is 0 Å². The van der Waals surface area contributed by atoms with Crippen LogP contribution in [0.4, 0.5) is 19.3 Å². The van der Waals surface area contributed by atoms with Crippen molar-refractivity contribution in [3.8, 4) is 0 Å². The Bertz CT molecular complexity index is 506. The van der Waals surface area contributed by atoms with Gasteiger partial charge in [0.25, 0.3) is 0 Å².